The Labute approximate surface area is 179 Å². The third-order valence-corrected chi connectivity index (χ3v) is 5.23. The van der Waals surface area contributed by atoms with E-state index in [9.17, 15) is 9.18 Å². The van der Waals surface area contributed by atoms with E-state index in [-0.39, 0.29) is 11.9 Å². The van der Waals surface area contributed by atoms with Crippen LogP contribution in [0.1, 0.15) is 29.2 Å². The maximum atomic E-state index is 13.4. The number of likely N-dealkylation sites (N-methyl/N-ethyl adjacent to an activating group) is 1. The average Bonchev–Trinajstić information content (AvgIpc) is 3.04. The van der Waals surface area contributed by atoms with Crippen molar-refractivity contribution in [2.75, 3.05) is 7.05 Å². The molecular weight excluding hydrogens is 393 g/mol. The van der Waals surface area contributed by atoms with E-state index < -0.39 is 12.2 Å². The van der Waals surface area contributed by atoms with Crippen LogP contribution in [0, 0.1) is 11.8 Å². The van der Waals surface area contributed by atoms with Crippen LogP contribution < -0.4 is 5.73 Å². The van der Waals surface area contributed by atoms with E-state index in [1.165, 1.54) is 17.3 Å². The second kappa shape index (κ2) is 8.00. The number of halogens is 1. The van der Waals surface area contributed by atoms with Crippen LogP contribution in [0.15, 0.2) is 66.2 Å². The number of amides is 1. The summed E-state index contributed by atoms with van der Waals surface area (Å²) in [4.78, 5) is 27.6. The fourth-order valence-electron chi connectivity index (χ4n) is 3.68. The van der Waals surface area contributed by atoms with Crippen LogP contribution in [0.2, 0.25) is 0 Å². The zero-order chi connectivity index (χ0) is 22.0. The first-order chi connectivity index (χ1) is 15.0. The SMILES string of the molecule is CC#Cc1cncc(-c2cccc(C3(c4cncc(CF)c4)N=C(N)N(C)C3=O)c2)c1. The molecule has 0 saturated heterocycles. The minimum Gasteiger partial charge on any atom is -0.369 e. The highest BCUT2D eigenvalue weighted by atomic mass is 19.1. The van der Waals surface area contributed by atoms with E-state index in [1.54, 1.807) is 32.4 Å². The lowest BCUT2D eigenvalue weighted by atomic mass is 9.82. The van der Waals surface area contributed by atoms with Gasteiger partial charge in [0.15, 0.2) is 11.5 Å². The Morgan fingerprint density at radius 2 is 1.87 bits per heavy atom. The molecular formula is C24H20FN5O. The number of hydrogen-bond donors (Lipinski definition) is 1. The molecule has 0 fully saturated rings. The van der Waals surface area contributed by atoms with E-state index in [0.717, 1.165) is 16.7 Å². The number of nitrogens with two attached hydrogens (primary N) is 1. The maximum absolute atomic E-state index is 13.4. The van der Waals surface area contributed by atoms with Crippen LogP contribution in [0.4, 0.5) is 4.39 Å². The maximum Gasteiger partial charge on any atom is 0.266 e. The first-order valence-corrected chi connectivity index (χ1v) is 9.62. The summed E-state index contributed by atoms with van der Waals surface area (Å²) in [6.07, 6.45) is 6.38. The number of rotatable bonds is 4. The highest BCUT2D eigenvalue weighted by molar-refractivity contribution is 6.09. The standard InChI is InChI=1S/C24H20FN5O/c1-3-5-16-8-19(14-27-12-16)18-6-4-7-20(10-18)24(22(31)30(2)23(26)29-24)21-9-17(11-25)13-28-15-21/h4,6-10,12-15H,11H2,1-2H3,(H2,26,29). The molecule has 2 aromatic heterocycles. The molecule has 154 valence electrons. The van der Waals surface area contributed by atoms with Gasteiger partial charge < -0.3 is 5.73 Å². The lowest BCUT2D eigenvalue weighted by Crippen LogP contribution is -2.41. The summed E-state index contributed by atoms with van der Waals surface area (Å²) in [6, 6.07) is 11.0. The molecule has 31 heavy (non-hydrogen) atoms. The predicted molar refractivity (Wildman–Crippen MR) is 116 cm³/mol. The number of aliphatic imine (C=N–C) groups is 1. The van der Waals surface area contributed by atoms with Gasteiger partial charge in [0.05, 0.1) is 0 Å². The highest BCUT2D eigenvalue weighted by Gasteiger charge is 2.49. The lowest BCUT2D eigenvalue weighted by Gasteiger charge is -2.26. The summed E-state index contributed by atoms with van der Waals surface area (Å²) in [6.45, 7) is 1.07. The Morgan fingerprint density at radius 3 is 2.58 bits per heavy atom. The van der Waals surface area contributed by atoms with Crippen molar-refractivity contribution in [1.82, 2.24) is 14.9 Å². The van der Waals surface area contributed by atoms with Gasteiger partial charge in [-0.25, -0.2) is 9.38 Å². The molecule has 7 heteroatoms. The van der Waals surface area contributed by atoms with Crippen molar-refractivity contribution in [1.29, 1.82) is 0 Å². The number of pyridine rings is 2. The molecule has 1 aromatic carbocycles. The number of nitrogens with zero attached hydrogens (tertiary/aromatic N) is 4. The Bertz CT molecular complexity index is 1260. The van der Waals surface area contributed by atoms with Gasteiger partial charge in [0.1, 0.15) is 6.67 Å². The molecule has 3 aromatic rings. The van der Waals surface area contributed by atoms with Gasteiger partial charge in [0, 0.05) is 54.1 Å². The molecule has 1 aliphatic heterocycles. The number of benzene rings is 1. The minimum atomic E-state index is -1.44. The molecule has 4 rings (SSSR count). The van der Waals surface area contributed by atoms with Gasteiger partial charge in [-0.2, -0.15) is 0 Å². The predicted octanol–water partition coefficient (Wildman–Crippen LogP) is 3.01. The van der Waals surface area contributed by atoms with Crippen molar-refractivity contribution in [3.8, 4) is 23.0 Å². The summed E-state index contributed by atoms with van der Waals surface area (Å²) < 4.78 is 13.3. The van der Waals surface area contributed by atoms with Crippen molar-refractivity contribution >= 4 is 11.9 Å². The molecule has 2 N–H and O–H groups in total. The van der Waals surface area contributed by atoms with Gasteiger partial charge in [0.25, 0.3) is 5.91 Å². The molecule has 1 unspecified atom stereocenters. The van der Waals surface area contributed by atoms with E-state index >= 15 is 0 Å². The second-order valence-corrected chi connectivity index (χ2v) is 7.18. The van der Waals surface area contributed by atoms with Crippen molar-refractivity contribution in [2.24, 2.45) is 10.7 Å². The first-order valence-electron chi connectivity index (χ1n) is 9.62. The van der Waals surface area contributed by atoms with Crippen LogP contribution in [0.3, 0.4) is 0 Å². The zero-order valence-electron chi connectivity index (χ0n) is 17.1. The fourth-order valence-corrected chi connectivity index (χ4v) is 3.68. The van der Waals surface area contributed by atoms with Gasteiger partial charge in [-0.15, -0.1) is 5.92 Å². The molecule has 0 radical (unpaired) electrons. The summed E-state index contributed by atoms with van der Waals surface area (Å²) in [5.74, 6) is 5.62. The molecule has 3 heterocycles. The van der Waals surface area contributed by atoms with E-state index in [2.05, 4.69) is 26.8 Å². The smallest absolute Gasteiger partial charge is 0.266 e. The number of carbonyl (C=O) groups excluding carboxylic acids is 1. The van der Waals surface area contributed by atoms with Crippen LogP contribution >= 0.6 is 0 Å². The molecule has 0 bridgehead atoms. The van der Waals surface area contributed by atoms with E-state index in [0.29, 0.717) is 16.7 Å². The third kappa shape index (κ3) is 3.42. The summed E-state index contributed by atoms with van der Waals surface area (Å²) in [5.41, 5.74) is 8.49. The van der Waals surface area contributed by atoms with Gasteiger partial charge in [-0.1, -0.05) is 24.1 Å². The summed E-state index contributed by atoms with van der Waals surface area (Å²) in [7, 11) is 1.57. The number of carbonyl (C=O) groups is 1. The largest absolute Gasteiger partial charge is 0.369 e. The molecule has 0 aliphatic carbocycles. The fraction of sp³-hybridized carbons (Fsp3) is 0.167. The van der Waals surface area contributed by atoms with Crippen LogP contribution in [0.5, 0.6) is 0 Å². The topological polar surface area (TPSA) is 84.5 Å². The van der Waals surface area contributed by atoms with Crippen LogP contribution in [0.25, 0.3) is 11.1 Å². The molecule has 1 aliphatic rings. The van der Waals surface area contributed by atoms with Gasteiger partial charge in [-0.3, -0.25) is 19.7 Å². The minimum absolute atomic E-state index is 0.0861. The van der Waals surface area contributed by atoms with Crippen molar-refractivity contribution in [2.45, 2.75) is 19.1 Å². The Kier molecular flexibility index (Phi) is 5.22. The lowest BCUT2D eigenvalue weighted by molar-refractivity contribution is -0.129. The number of guanidine groups is 1. The Balaban J connectivity index is 1.92. The molecule has 0 saturated carbocycles. The van der Waals surface area contributed by atoms with Crippen LogP contribution in [-0.4, -0.2) is 33.8 Å². The molecule has 1 amide bonds. The number of alkyl halides is 1. The Morgan fingerprint density at radius 1 is 1.06 bits per heavy atom. The third-order valence-electron chi connectivity index (χ3n) is 5.23. The second-order valence-electron chi connectivity index (χ2n) is 7.18. The first kappa shape index (κ1) is 20.2. The van der Waals surface area contributed by atoms with Gasteiger partial charge in [0.2, 0.25) is 0 Å². The normalized spacial score (nSPS) is 17.8. The monoisotopic (exact) mass is 413 g/mol. The van der Waals surface area contributed by atoms with Crippen molar-refractivity contribution in [3.63, 3.8) is 0 Å². The van der Waals surface area contributed by atoms with E-state index in [4.69, 9.17) is 5.73 Å². The number of aromatic nitrogens is 2. The van der Waals surface area contributed by atoms with Crippen LogP contribution in [-0.2, 0) is 17.0 Å². The highest BCUT2D eigenvalue weighted by Crippen LogP contribution is 2.40. The molecule has 6 nitrogen and oxygen atoms in total. The van der Waals surface area contributed by atoms with E-state index in [1.807, 2.05) is 30.3 Å². The summed E-state index contributed by atoms with van der Waals surface area (Å²) in [5, 5.41) is 0. The number of hydrogen-bond acceptors (Lipinski definition) is 5. The quantitative estimate of drug-likeness (QED) is 0.667. The molecule has 1 atom stereocenters. The Hall–Kier alpha value is -4.05. The van der Waals surface area contributed by atoms with Crippen molar-refractivity contribution < 1.29 is 9.18 Å². The zero-order valence-corrected chi connectivity index (χ0v) is 17.1. The van der Waals surface area contributed by atoms with Gasteiger partial charge in [-0.05, 0) is 36.2 Å². The molecule has 0 spiro atoms. The van der Waals surface area contributed by atoms with Crippen molar-refractivity contribution in [3.05, 3.63) is 83.4 Å². The summed E-state index contributed by atoms with van der Waals surface area (Å²) >= 11 is 0. The average molecular weight is 413 g/mol. The van der Waals surface area contributed by atoms with Gasteiger partial charge >= 0.3 is 0 Å².